The van der Waals surface area contributed by atoms with Crippen LogP contribution in [0, 0.1) is 11.3 Å². The molecule has 140 valence electrons. The van der Waals surface area contributed by atoms with E-state index in [-0.39, 0.29) is 17.2 Å². The number of halogens is 1. The van der Waals surface area contributed by atoms with Crippen LogP contribution < -0.4 is 0 Å². The van der Waals surface area contributed by atoms with Gasteiger partial charge >= 0.3 is 0 Å². The molecule has 1 unspecified atom stereocenters. The van der Waals surface area contributed by atoms with E-state index < -0.39 is 0 Å². The second-order valence-corrected chi connectivity index (χ2v) is 8.88. The maximum absolute atomic E-state index is 12.9. The standard InChI is InChI=1S/C21H27ClN2O2/c1-21(9-10-21)20(26)23-11-6-16(7-12-23)19(25)24-13-8-17(14-24)15-2-4-18(22)5-3-15/h2-5,16-17H,6-14H2,1H3. The third-order valence-corrected chi connectivity index (χ3v) is 6.74. The Morgan fingerprint density at radius 1 is 1.00 bits per heavy atom. The lowest BCUT2D eigenvalue weighted by Gasteiger charge is -2.34. The summed E-state index contributed by atoms with van der Waals surface area (Å²) in [6.45, 7) is 5.17. The Kier molecular flexibility index (Phi) is 4.72. The monoisotopic (exact) mass is 374 g/mol. The highest BCUT2D eigenvalue weighted by molar-refractivity contribution is 6.30. The van der Waals surface area contributed by atoms with Gasteiger partial charge < -0.3 is 9.80 Å². The molecule has 2 saturated heterocycles. The molecule has 26 heavy (non-hydrogen) atoms. The van der Waals surface area contributed by atoms with E-state index in [0.717, 1.165) is 63.3 Å². The van der Waals surface area contributed by atoms with Gasteiger partial charge in [0.25, 0.3) is 0 Å². The van der Waals surface area contributed by atoms with E-state index in [1.807, 2.05) is 21.9 Å². The molecule has 4 nitrogen and oxygen atoms in total. The number of hydrogen-bond acceptors (Lipinski definition) is 2. The van der Waals surface area contributed by atoms with Crippen LogP contribution in [0.4, 0.5) is 0 Å². The van der Waals surface area contributed by atoms with Crippen LogP contribution in [0.1, 0.15) is 50.5 Å². The Labute approximate surface area is 160 Å². The summed E-state index contributed by atoms with van der Waals surface area (Å²) < 4.78 is 0. The molecule has 5 heteroatoms. The summed E-state index contributed by atoms with van der Waals surface area (Å²) in [6, 6.07) is 8.00. The molecule has 0 N–H and O–H groups in total. The molecule has 2 heterocycles. The highest BCUT2D eigenvalue weighted by atomic mass is 35.5. The summed E-state index contributed by atoms with van der Waals surface area (Å²) in [5.74, 6) is 1.07. The molecule has 1 aliphatic carbocycles. The molecule has 1 aromatic rings. The lowest BCUT2D eigenvalue weighted by Crippen LogP contribution is -2.45. The zero-order chi connectivity index (χ0) is 18.3. The van der Waals surface area contributed by atoms with Gasteiger partial charge in [0.15, 0.2) is 0 Å². The Morgan fingerprint density at radius 2 is 1.62 bits per heavy atom. The van der Waals surface area contributed by atoms with Gasteiger partial charge in [-0.2, -0.15) is 0 Å². The lowest BCUT2D eigenvalue weighted by molar-refractivity contribution is -0.142. The fourth-order valence-electron chi connectivity index (χ4n) is 4.34. The quantitative estimate of drug-likeness (QED) is 0.809. The molecular weight excluding hydrogens is 348 g/mol. The lowest BCUT2D eigenvalue weighted by atomic mass is 9.94. The number of carbonyl (C=O) groups excluding carboxylic acids is 2. The zero-order valence-electron chi connectivity index (χ0n) is 15.4. The average Bonchev–Trinajstić information content (AvgIpc) is 3.22. The highest BCUT2D eigenvalue weighted by Crippen LogP contribution is 2.47. The average molecular weight is 375 g/mol. The molecule has 2 amide bonds. The number of benzene rings is 1. The fourth-order valence-corrected chi connectivity index (χ4v) is 4.46. The highest BCUT2D eigenvalue weighted by Gasteiger charge is 2.47. The van der Waals surface area contributed by atoms with Gasteiger partial charge in [-0.15, -0.1) is 0 Å². The molecule has 0 radical (unpaired) electrons. The molecule has 0 spiro atoms. The van der Waals surface area contributed by atoms with Crippen molar-refractivity contribution in [3.05, 3.63) is 34.9 Å². The van der Waals surface area contributed by atoms with E-state index >= 15 is 0 Å². The van der Waals surface area contributed by atoms with Crippen LogP contribution >= 0.6 is 11.6 Å². The van der Waals surface area contributed by atoms with Gasteiger partial charge in [0.2, 0.25) is 11.8 Å². The molecule has 0 aromatic heterocycles. The van der Waals surface area contributed by atoms with Crippen molar-refractivity contribution in [3.63, 3.8) is 0 Å². The van der Waals surface area contributed by atoms with Crippen LogP contribution in [-0.4, -0.2) is 47.8 Å². The zero-order valence-corrected chi connectivity index (χ0v) is 16.2. The van der Waals surface area contributed by atoms with Crippen molar-refractivity contribution < 1.29 is 9.59 Å². The van der Waals surface area contributed by atoms with Gasteiger partial charge in [0.05, 0.1) is 0 Å². The van der Waals surface area contributed by atoms with E-state index in [1.165, 1.54) is 5.56 Å². The predicted molar refractivity (Wildman–Crippen MR) is 102 cm³/mol. The van der Waals surface area contributed by atoms with Gasteiger partial charge in [-0.3, -0.25) is 9.59 Å². The van der Waals surface area contributed by atoms with Crippen molar-refractivity contribution in [3.8, 4) is 0 Å². The molecule has 4 rings (SSSR count). The normalized spacial score (nSPS) is 25.4. The van der Waals surface area contributed by atoms with Crippen LogP contribution in [-0.2, 0) is 9.59 Å². The second-order valence-electron chi connectivity index (χ2n) is 8.45. The van der Waals surface area contributed by atoms with Crippen molar-refractivity contribution in [2.24, 2.45) is 11.3 Å². The number of piperidine rings is 1. The van der Waals surface area contributed by atoms with Crippen molar-refractivity contribution in [1.29, 1.82) is 0 Å². The van der Waals surface area contributed by atoms with Gasteiger partial charge in [0, 0.05) is 48.5 Å². The maximum atomic E-state index is 12.9. The summed E-state index contributed by atoms with van der Waals surface area (Å²) in [6.07, 6.45) is 4.67. The number of amides is 2. The Hall–Kier alpha value is -1.55. The first-order valence-electron chi connectivity index (χ1n) is 9.80. The number of likely N-dealkylation sites (tertiary alicyclic amines) is 2. The van der Waals surface area contributed by atoms with Gasteiger partial charge in [0.1, 0.15) is 0 Å². The summed E-state index contributed by atoms with van der Waals surface area (Å²) in [5, 5.41) is 0.751. The molecule has 1 atom stereocenters. The van der Waals surface area contributed by atoms with E-state index in [2.05, 4.69) is 19.1 Å². The minimum atomic E-state index is -0.0996. The van der Waals surface area contributed by atoms with Crippen LogP contribution in [0.5, 0.6) is 0 Å². The van der Waals surface area contributed by atoms with Crippen LogP contribution in [0.3, 0.4) is 0 Å². The van der Waals surface area contributed by atoms with E-state index in [0.29, 0.717) is 11.8 Å². The Balaban J connectivity index is 1.30. The molecule has 3 aliphatic rings. The Bertz CT molecular complexity index is 690. The maximum Gasteiger partial charge on any atom is 0.228 e. The summed E-state index contributed by atoms with van der Waals surface area (Å²) in [7, 11) is 0. The molecule has 3 fully saturated rings. The summed E-state index contributed by atoms with van der Waals surface area (Å²) in [4.78, 5) is 29.4. The molecular formula is C21H27ClN2O2. The van der Waals surface area contributed by atoms with Crippen LogP contribution in [0.15, 0.2) is 24.3 Å². The second kappa shape index (κ2) is 6.88. The summed E-state index contributed by atoms with van der Waals surface area (Å²) in [5.41, 5.74) is 1.17. The van der Waals surface area contributed by atoms with Crippen LogP contribution in [0.2, 0.25) is 5.02 Å². The van der Waals surface area contributed by atoms with E-state index in [9.17, 15) is 9.59 Å². The largest absolute Gasteiger partial charge is 0.342 e. The molecule has 1 aromatic carbocycles. The third kappa shape index (κ3) is 3.48. The van der Waals surface area contributed by atoms with Crippen molar-refractivity contribution in [1.82, 2.24) is 9.80 Å². The predicted octanol–water partition coefficient (Wildman–Crippen LogP) is 3.69. The minimum Gasteiger partial charge on any atom is -0.342 e. The van der Waals surface area contributed by atoms with Crippen molar-refractivity contribution in [2.45, 2.75) is 44.9 Å². The minimum absolute atomic E-state index is 0.0787. The number of nitrogens with zero attached hydrogens (tertiary/aromatic N) is 2. The topological polar surface area (TPSA) is 40.6 Å². The number of hydrogen-bond donors (Lipinski definition) is 0. The summed E-state index contributed by atoms with van der Waals surface area (Å²) >= 11 is 5.97. The molecule has 1 saturated carbocycles. The van der Waals surface area contributed by atoms with Gasteiger partial charge in [-0.05, 0) is 49.8 Å². The van der Waals surface area contributed by atoms with Gasteiger partial charge in [-0.25, -0.2) is 0 Å². The molecule has 2 aliphatic heterocycles. The smallest absolute Gasteiger partial charge is 0.228 e. The fraction of sp³-hybridized carbons (Fsp3) is 0.619. The van der Waals surface area contributed by atoms with Gasteiger partial charge in [-0.1, -0.05) is 30.7 Å². The SMILES string of the molecule is CC1(C(=O)N2CCC(C(=O)N3CCC(c4ccc(Cl)cc4)C3)CC2)CC1. The number of carbonyl (C=O) groups is 2. The first-order chi connectivity index (χ1) is 12.5. The Morgan fingerprint density at radius 3 is 2.23 bits per heavy atom. The first kappa shape index (κ1) is 17.8. The van der Waals surface area contributed by atoms with E-state index in [1.54, 1.807) is 0 Å². The van der Waals surface area contributed by atoms with E-state index in [4.69, 9.17) is 11.6 Å². The van der Waals surface area contributed by atoms with Crippen molar-refractivity contribution in [2.75, 3.05) is 26.2 Å². The number of rotatable bonds is 3. The van der Waals surface area contributed by atoms with Crippen molar-refractivity contribution >= 4 is 23.4 Å². The first-order valence-corrected chi connectivity index (χ1v) is 10.2. The third-order valence-electron chi connectivity index (χ3n) is 6.49. The van der Waals surface area contributed by atoms with Crippen LogP contribution in [0.25, 0.3) is 0 Å². The molecule has 0 bridgehead atoms.